The number of esters is 1. The third kappa shape index (κ3) is 9.01. The van der Waals surface area contributed by atoms with E-state index in [0.29, 0.717) is 19.3 Å². The molecule has 0 saturated carbocycles. The van der Waals surface area contributed by atoms with E-state index in [4.69, 9.17) is 19.7 Å². The summed E-state index contributed by atoms with van der Waals surface area (Å²) < 4.78 is 10.5. The van der Waals surface area contributed by atoms with Gasteiger partial charge < -0.3 is 19.7 Å². The topological polar surface area (TPSA) is 76.0 Å². The van der Waals surface area contributed by atoms with Gasteiger partial charge in [0.05, 0.1) is 24.6 Å². The Morgan fingerprint density at radius 2 is 2.06 bits per heavy atom. The summed E-state index contributed by atoms with van der Waals surface area (Å²) in [6.07, 6.45) is 1.45. The smallest absolute Gasteiger partial charge is 0.305 e. The van der Waals surface area contributed by atoms with Gasteiger partial charge in [-0.05, 0) is 19.8 Å². The Bertz CT molecular complexity index is 248. The number of carbonyl (C=O) groups excluding carboxylic acids is 1. The second-order valence-corrected chi connectivity index (χ2v) is 4.26. The van der Waals surface area contributed by atoms with Gasteiger partial charge in [0, 0.05) is 12.8 Å². The van der Waals surface area contributed by atoms with Crippen LogP contribution in [0.5, 0.6) is 0 Å². The van der Waals surface area contributed by atoms with Crippen LogP contribution >= 0.6 is 0 Å². The van der Waals surface area contributed by atoms with Gasteiger partial charge >= 0.3 is 5.97 Å². The zero-order valence-corrected chi connectivity index (χ0v) is 11.2. The molecule has 0 aliphatic heterocycles. The van der Waals surface area contributed by atoms with Gasteiger partial charge in [0.1, 0.15) is 6.61 Å². The largest absolute Gasteiger partial charge is 0.513 e. The van der Waals surface area contributed by atoms with Gasteiger partial charge in [-0.25, -0.2) is 0 Å². The summed E-state index contributed by atoms with van der Waals surface area (Å²) in [5.74, 6) is -0.239. The summed E-state index contributed by atoms with van der Waals surface area (Å²) in [7, 11) is 0. The van der Waals surface area contributed by atoms with E-state index in [9.17, 15) is 4.79 Å². The number of hydrogen-bond donors (Lipinski definition) is 2. The van der Waals surface area contributed by atoms with Gasteiger partial charge in [-0.3, -0.25) is 4.79 Å². The summed E-state index contributed by atoms with van der Waals surface area (Å²) in [6, 6.07) is 0. The molecule has 0 aliphatic rings. The van der Waals surface area contributed by atoms with E-state index in [1.807, 2.05) is 6.92 Å². The average Bonchev–Trinajstić information content (AvgIpc) is 2.33. The Morgan fingerprint density at radius 3 is 2.56 bits per heavy atom. The molecule has 0 aromatic heterocycles. The second-order valence-electron chi connectivity index (χ2n) is 4.26. The number of rotatable bonds is 10. The van der Waals surface area contributed by atoms with Crippen molar-refractivity contribution >= 4 is 5.97 Å². The minimum atomic E-state index is -0.316. The van der Waals surface area contributed by atoms with Crippen molar-refractivity contribution in [1.29, 1.82) is 0 Å². The standard InChI is InChI=1S/C13H24O5/c1-4-12(8-14)18-11(3)9-17-13(16)7-5-6-10(2)15/h11-12,14-15H,2,4-9H2,1,3H3. The lowest BCUT2D eigenvalue weighted by Crippen LogP contribution is -2.27. The normalized spacial score (nSPS) is 13.9. The van der Waals surface area contributed by atoms with Crippen molar-refractivity contribution < 1.29 is 24.5 Å². The number of allylic oxidation sites excluding steroid dienone is 1. The van der Waals surface area contributed by atoms with Gasteiger partial charge in [0.25, 0.3) is 0 Å². The highest BCUT2D eigenvalue weighted by Crippen LogP contribution is 2.05. The molecule has 0 heterocycles. The number of aliphatic hydroxyl groups excluding tert-OH is 2. The summed E-state index contributed by atoms with van der Waals surface area (Å²) in [4.78, 5) is 11.3. The summed E-state index contributed by atoms with van der Waals surface area (Å²) in [5.41, 5.74) is 0. The van der Waals surface area contributed by atoms with Crippen LogP contribution in [0.25, 0.3) is 0 Å². The Labute approximate surface area is 108 Å². The summed E-state index contributed by atoms with van der Waals surface area (Å²) in [6.45, 7) is 7.19. The van der Waals surface area contributed by atoms with Crippen LogP contribution in [0.1, 0.15) is 39.5 Å². The van der Waals surface area contributed by atoms with E-state index >= 15 is 0 Å². The van der Waals surface area contributed by atoms with E-state index in [1.54, 1.807) is 6.92 Å². The molecule has 0 amide bonds. The quantitative estimate of drug-likeness (QED) is 0.464. The molecule has 5 heteroatoms. The Hall–Kier alpha value is -1.07. The fourth-order valence-electron chi connectivity index (χ4n) is 1.36. The summed E-state index contributed by atoms with van der Waals surface area (Å²) >= 11 is 0. The molecule has 2 unspecified atom stereocenters. The molecule has 0 fully saturated rings. The molecule has 0 saturated heterocycles. The van der Waals surface area contributed by atoms with Crippen LogP contribution in [0.15, 0.2) is 12.3 Å². The lowest BCUT2D eigenvalue weighted by atomic mass is 10.2. The molecule has 0 bridgehead atoms. The molecule has 18 heavy (non-hydrogen) atoms. The fraction of sp³-hybridized carbons (Fsp3) is 0.769. The van der Waals surface area contributed by atoms with Crippen molar-refractivity contribution in [3.8, 4) is 0 Å². The van der Waals surface area contributed by atoms with Crippen LogP contribution in [0.3, 0.4) is 0 Å². The van der Waals surface area contributed by atoms with Crippen molar-refractivity contribution in [2.45, 2.75) is 51.7 Å². The van der Waals surface area contributed by atoms with Crippen LogP contribution < -0.4 is 0 Å². The molecule has 2 N–H and O–H groups in total. The minimum absolute atomic E-state index is 0.0343. The molecule has 0 radical (unpaired) electrons. The number of aliphatic hydroxyl groups is 2. The van der Waals surface area contributed by atoms with Crippen molar-refractivity contribution in [2.24, 2.45) is 0 Å². The molecule has 2 atom stereocenters. The molecular formula is C13H24O5. The van der Waals surface area contributed by atoms with Crippen molar-refractivity contribution in [3.63, 3.8) is 0 Å². The fourth-order valence-corrected chi connectivity index (χ4v) is 1.36. The molecule has 0 aliphatic carbocycles. The van der Waals surface area contributed by atoms with Gasteiger partial charge in [-0.2, -0.15) is 0 Å². The first-order valence-corrected chi connectivity index (χ1v) is 6.28. The zero-order valence-electron chi connectivity index (χ0n) is 11.2. The van der Waals surface area contributed by atoms with E-state index < -0.39 is 0 Å². The first-order chi connectivity index (χ1) is 8.49. The van der Waals surface area contributed by atoms with Gasteiger partial charge in [0.15, 0.2) is 0 Å². The van der Waals surface area contributed by atoms with Crippen LogP contribution in [-0.4, -0.2) is 41.6 Å². The molecule has 5 nitrogen and oxygen atoms in total. The molecule has 0 rings (SSSR count). The third-order valence-corrected chi connectivity index (χ3v) is 2.41. The lowest BCUT2D eigenvalue weighted by molar-refractivity contribution is -0.149. The SMILES string of the molecule is C=C(O)CCCC(=O)OCC(C)OC(CC)CO. The van der Waals surface area contributed by atoms with Crippen LogP contribution in [-0.2, 0) is 14.3 Å². The van der Waals surface area contributed by atoms with Crippen LogP contribution in [0.2, 0.25) is 0 Å². The van der Waals surface area contributed by atoms with E-state index in [2.05, 4.69) is 6.58 Å². The monoisotopic (exact) mass is 260 g/mol. The number of ether oxygens (including phenoxy) is 2. The van der Waals surface area contributed by atoms with Crippen LogP contribution in [0, 0.1) is 0 Å². The first kappa shape index (κ1) is 16.9. The first-order valence-electron chi connectivity index (χ1n) is 6.28. The Kier molecular flexibility index (Phi) is 9.32. The maximum atomic E-state index is 11.3. The Morgan fingerprint density at radius 1 is 1.39 bits per heavy atom. The molecule has 0 aromatic rings. The highest BCUT2D eigenvalue weighted by Gasteiger charge is 2.12. The minimum Gasteiger partial charge on any atom is -0.513 e. The molecular weight excluding hydrogens is 236 g/mol. The number of hydrogen-bond acceptors (Lipinski definition) is 5. The van der Waals surface area contributed by atoms with Crippen molar-refractivity contribution in [1.82, 2.24) is 0 Å². The summed E-state index contributed by atoms with van der Waals surface area (Å²) in [5, 5.41) is 17.8. The van der Waals surface area contributed by atoms with Gasteiger partial charge in [-0.15, -0.1) is 0 Å². The molecule has 0 aromatic carbocycles. The number of carbonyl (C=O) groups is 1. The maximum Gasteiger partial charge on any atom is 0.305 e. The highest BCUT2D eigenvalue weighted by molar-refractivity contribution is 5.69. The second kappa shape index (κ2) is 9.91. The van der Waals surface area contributed by atoms with Gasteiger partial charge in [0.2, 0.25) is 0 Å². The molecule has 106 valence electrons. The molecule has 0 spiro atoms. The van der Waals surface area contributed by atoms with Crippen LogP contribution in [0.4, 0.5) is 0 Å². The average molecular weight is 260 g/mol. The van der Waals surface area contributed by atoms with Crippen molar-refractivity contribution in [3.05, 3.63) is 12.3 Å². The Balaban J connectivity index is 3.67. The third-order valence-electron chi connectivity index (χ3n) is 2.41. The predicted molar refractivity (Wildman–Crippen MR) is 68.3 cm³/mol. The predicted octanol–water partition coefficient (Wildman–Crippen LogP) is 1.95. The van der Waals surface area contributed by atoms with E-state index in [1.165, 1.54) is 0 Å². The van der Waals surface area contributed by atoms with E-state index in [-0.39, 0.29) is 43.6 Å². The van der Waals surface area contributed by atoms with Crippen molar-refractivity contribution in [2.75, 3.05) is 13.2 Å². The van der Waals surface area contributed by atoms with E-state index in [0.717, 1.165) is 0 Å². The van der Waals surface area contributed by atoms with Gasteiger partial charge in [-0.1, -0.05) is 13.5 Å². The zero-order chi connectivity index (χ0) is 14.0. The lowest BCUT2D eigenvalue weighted by Gasteiger charge is -2.19. The maximum absolute atomic E-state index is 11.3. The highest BCUT2D eigenvalue weighted by atomic mass is 16.6.